The van der Waals surface area contributed by atoms with Gasteiger partial charge in [0.25, 0.3) is 0 Å². The molecule has 0 aliphatic carbocycles. The Labute approximate surface area is 179 Å². The van der Waals surface area contributed by atoms with E-state index >= 15 is 0 Å². The molecule has 0 atom stereocenters. The van der Waals surface area contributed by atoms with Gasteiger partial charge in [-0.2, -0.15) is 0 Å². The first kappa shape index (κ1) is 26.3. The van der Waals surface area contributed by atoms with E-state index in [1.54, 1.807) is 0 Å². The van der Waals surface area contributed by atoms with Crippen LogP contribution in [-0.2, 0) is 15.0 Å². The Kier molecular flexibility index (Phi) is 21.1. The molecule has 0 N–H and O–H groups in total. The monoisotopic (exact) mass is 574 g/mol. The number of rotatable bonds is 18. The second-order valence-electron chi connectivity index (χ2n) is 6.84. The molecular weight excluding hydrogens is 535 g/mol. The van der Waals surface area contributed by atoms with Crippen molar-refractivity contribution in [2.24, 2.45) is 0 Å². The molecule has 0 aliphatic heterocycles. The standard InChI is InChI=1S/2C11H20O2.Pb/c2*1-2-3-4-5-6-7-8-9-10-11(12)13;/h2*9-10H,2-8H2,1H3,(H,12,13);/q;;+2/p-2. The quantitative estimate of drug-likeness (QED) is 0.111. The Morgan fingerprint density at radius 2 is 1.00 bits per heavy atom. The van der Waals surface area contributed by atoms with Crippen LogP contribution in [0.5, 0.6) is 0 Å². The van der Waals surface area contributed by atoms with Crippen molar-refractivity contribution in [3.8, 4) is 0 Å². The van der Waals surface area contributed by atoms with E-state index in [1.165, 1.54) is 76.4 Å². The van der Waals surface area contributed by atoms with Crippen LogP contribution in [-0.4, -0.2) is 37.1 Å². The van der Waals surface area contributed by atoms with Gasteiger partial charge in [-0.3, -0.25) is 0 Å². The summed E-state index contributed by atoms with van der Waals surface area (Å²) in [4.78, 5) is 23.1. The van der Waals surface area contributed by atoms with E-state index in [0.29, 0.717) is 0 Å². The van der Waals surface area contributed by atoms with Gasteiger partial charge in [-0.1, -0.05) is 0 Å². The molecule has 0 aromatic carbocycles. The Morgan fingerprint density at radius 3 is 1.41 bits per heavy atom. The molecule has 0 saturated carbocycles. The maximum atomic E-state index is 11.5. The minimum absolute atomic E-state index is 0.381. The topological polar surface area (TPSA) is 52.6 Å². The fourth-order valence-corrected chi connectivity index (χ4v) is 3.94. The molecular formula is C22H38O4Pb. The third-order valence-electron chi connectivity index (χ3n) is 4.24. The average Bonchev–Trinajstić information content (AvgIpc) is 2.66. The predicted molar refractivity (Wildman–Crippen MR) is 112 cm³/mol. The van der Waals surface area contributed by atoms with Gasteiger partial charge in [0.15, 0.2) is 0 Å². The molecule has 154 valence electrons. The van der Waals surface area contributed by atoms with Crippen molar-refractivity contribution in [3.05, 3.63) is 24.3 Å². The van der Waals surface area contributed by atoms with Crippen LogP contribution in [0.2, 0.25) is 0 Å². The minimum atomic E-state index is -2.10. The molecule has 4 nitrogen and oxygen atoms in total. The van der Waals surface area contributed by atoms with Gasteiger partial charge in [0, 0.05) is 0 Å². The summed E-state index contributed by atoms with van der Waals surface area (Å²) in [6, 6.07) is 0. The number of carbonyl (C=O) groups is 2. The van der Waals surface area contributed by atoms with Crippen molar-refractivity contribution in [1.29, 1.82) is 0 Å². The predicted octanol–water partition coefficient (Wildman–Crippen LogP) is 6.22. The van der Waals surface area contributed by atoms with Crippen molar-refractivity contribution in [2.45, 2.75) is 104 Å². The normalized spacial score (nSPS) is 11.3. The van der Waals surface area contributed by atoms with E-state index in [0.717, 1.165) is 25.7 Å². The SMILES string of the molecule is CCCCCCCCC=CC(=O)[O][Pb][O]C(=O)C=CCCCCCCCC. The van der Waals surface area contributed by atoms with E-state index < -0.39 is 25.1 Å². The van der Waals surface area contributed by atoms with Crippen LogP contribution in [0, 0.1) is 0 Å². The second-order valence-corrected chi connectivity index (χ2v) is 9.08. The molecule has 0 spiro atoms. The molecule has 0 unspecified atom stereocenters. The summed E-state index contributed by atoms with van der Waals surface area (Å²) < 4.78 is 10.1. The fourth-order valence-electron chi connectivity index (χ4n) is 2.62. The molecule has 0 rings (SSSR count). The van der Waals surface area contributed by atoms with Crippen molar-refractivity contribution in [2.75, 3.05) is 0 Å². The zero-order valence-electron chi connectivity index (χ0n) is 17.3. The third kappa shape index (κ3) is 21.5. The Hall–Kier alpha value is -0.658. The Morgan fingerprint density at radius 1 is 0.630 bits per heavy atom. The van der Waals surface area contributed by atoms with E-state index in [4.69, 9.17) is 5.37 Å². The van der Waals surface area contributed by atoms with E-state index in [1.807, 2.05) is 12.2 Å². The third-order valence-corrected chi connectivity index (χ3v) is 6.45. The first-order valence-corrected chi connectivity index (χ1v) is 13.9. The molecule has 0 aliphatic rings. The van der Waals surface area contributed by atoms with Crippen molar-refractivity contribution in [3.63, 3.8) is 0 Å². The van der Waals surface area contributed by atoms with Crippen LogP contribution >= 0.6 is 0 Å². The zero-order valence-corrected chi connectivity index (χ0v) is 21.2. The molecule has 0 aromatic rings. The van der Waals surface area contributed by atoms with Gasteiger partial charge in [0.1, 0.15) is 0 Å². The van der Waals surface area contributed by atoms with Gasteiger partial charge < -0.3 is 0 Å². The molecule has 2 radical (unpaired) electrons. The van der Waals surface area contributed by atoms with Gasteiger partial charge in [-0.15, -0.1) is 0 Å². The average molecular weight is 574 g/mol. The first-order valence-electron chi connectivity index (χ1n) is 10.7. The molecule has 5 heteroatoms. The Balaban J connectivity index is 3.52. The number of hydrogen-bond acceptors (Lipinski definition) is 4. The summed E-state index contributed by atoms with van der Waals surface area (Å²) in [5.41, 5.74) is 0. The van der Waals surface area contributed by atoms with Crippen LogP contribution < -0.4 is 0 Å². The zero-order chi connectivity index (χ0) is 20.0. The van der Waals surface area contributed by atoms with Crippen LogP contribution in [0.3, 0.4) is 0 Å². The van der Waals surface area contributed by atoms with Gasteiger partial charge in [-0.05, 0) is 0 Å². The first-order chi connectivity index (χ1) is 13.2. The van der Waals surface area contributed by atoms with Crippen molar-refractivity contribution >= 4 is 37.1 Å². The summed E-state index contributed by atoms with van der Waals surface area (Å²) in [6.07, 6.45) is 23.3. The van der Waals surface area contributed by atoms with Crippen LogP contribution in [0.4, 0.5) is 0 Å². The maximum absolute atomic E-state index is 11.5. The summed E-state index contributed by atoms with van der Waals surface area (Å²) in [5.74, 6) is -0.763. The number of carbonyl (C=O) groups excluding carboxylic acids is 2. The molecule has 0 heterocycles. The van der Waals surface area contributed by atoms with Crippen molar-refractivity contribution < 1.29 is 15.0 Å². The molecule has 27 heavy (non-hydrogen) atoms. The molecule has 0 fully saturated rings. The van der Waals surface area contributed by atoms with Gasteiger partial charge >= 0.3 is 180 Å². The number of unbranched alkanes of at least 4 members (excludes halogenated alkanes) is 12. The van der Waals surface area contributed by atoms with Crippen LogP contribution in [0.1, 0.15) is 104 Å². The van der Waals surface area contributed by atoms with E-state index in [9.17, 15) is 9.59 Å². The van der Waals surface area contributed by atoms with Gasteiger partial charge in [0.2, 0.25) is 0 Å². The molecule has 0 bridgehead atoms. The molecule has 0 aromatic heterocycles. The fraction of sp³-hybridized carbons (Fsp3) is 0.727. The number of allylic oxidation sites excluding steroid dienone is 2. The van der Waals surface area contributed by atoms with E-state index in [-0.39, 0.29) is 11.9 Å². The molecule has 0 saturated heterocycles. The summed E-state index contributed by atoms with van der Waals surface area (Å²) in [6.45, 7) is 4.42. The summed E-state index contributed by atoms with van der Waals surface area (Å²) in [5, 5.41) is 0. The van der Waals surface area contributed by atoms with Crippen LogP contribution in [0.15, 0.2) is 24.3 Å². The summed E-state index contributed by atoms with van der Waals surface area (Å²) >= 11 is -2.10. The molecule has 0 amide bonds. The van der Waals surface area contributed by atoms with Gasteiger partial charge in [0.05, 0.1) is 0 Å². The van der Waals surface area contributed by atoms with Crippen LogP contribution in [0.25, 0.3) is 0 Å². The summed E-state index contributed by atoms with van der Waals surface area (Å²) in [7, 11) is 0. The Bertz CT molecular complexity index is 381. The van der Waals surface area contributed by atoms with E-state index in [2.05, 4.69) is 13.8 Å². The second kappa shape index (κ2) is 21.6. The van der Waals surface area contributed by atoms with Crippen molar-refractivity contribution in [1.82, 2.24) is 0 Å². The number of hydrogen-bond donors (Lipinski definition) is 0. The van der Waals surface area contributed by atoms with Gasteiger partial charge in [-0.25, -0.2) is 0 Å².